The van der Waals surface area contributed by atoms with Crippen LogP contribution in [-0.4, -0.2) is 32.1 Å². The topological polar surface area (TPSA) is 64.6 Å². The van der Waals surface area contributed by atoms with Crippen molar-refractivity contribution in [1.82, 2.24) is 5.32 Å². The molecule has 1 aromatic rings. The van der Waals surface area contributed by atoms with Gasteiger partial charge in [-0.15, -0.1) is 0 Å². The van der Waals surface area contributed by atoms with Crippen LogP contribution >= 0.6 is 0 Å². The molecule has 0 saturated heterocycles. The van der Waals surface area contributed by atoms with Crippen LogP contribution in [0.25, 0.3) is 6.08 Å². The maximum atomic E-state index is 11.8. The molecule has 0 spiro atoms. The molecule has 0 aromatic heterocycles. The molecule has 0 aliphatic rings. The number of hydrogen-bond donors (Lipinski definition) is 1. The van der Waals surface area contributed by atoms with Crippen LogP contribution in [0.5, 0.6) is 5.75 Å². The number of nitrogens with one attached hydrogen (secondary N) is 1. The van der Waals surface area contributed by atoms with E-state index >= 15 is 0 Å². The molecule has 1 rings (SSSR count). The Bertz CT molecular complexity index is 506. The molecule has 21 heavy (non-hydrogen) atoms. The van der Waals surface area contributed by atoms with E-state index in [9.17, 15) is 9.59 Å². The molecular formula is C16H21NO4. The smallest absolute Gasteiger partial charge is 0.328 e. The van der Waals surface area contributed by atoms with Gasteiger partial charge in [0.1, 0.15) is 11.8 Å². The Morgan fingerprint density at radius 3 is 2.24 bits per heavy atom. The quantitative estimate of drug-likeness (QED) is 0.643. The zero-order chi connectivity index (χ0) is 15.8. The fourth-order valence-corrected chi connectivity index (χ4v) is 1.71. The van der Waals surface area contributed by atoms with Gasteiger partial charge < -0.3 is 14.8 Å². The average molecular weight is 291 g/mol. The minimum absolute atomic E-state index is 0.0456. The maximum Gasteiger partial charge on any atom is 0.328 e. The molecule has 0 fully saturated rings. The summed E-state index contributed by atoms with van der Waals surface area (Å²) in [4.78, 5) is 23.4. The number of rotatable bonds is 6. The Labute approximate surface area is 124 Å². The Morgan fingerprint density at radius 2 is 1.76 bits per heavy atom. The van der Waals surface area contributed by atoms with Crippen molar-refractivity contribution in [2.24, 2.45) is 5.92 Å². The first-order valence-corrected chi connectivity index (χ1v) is 6.68. The first kappa shape index (κ1) is 16.8. The van der Waals surface area contributed by atoms with Gasteiger partial charge in [0.2, 0.25) is 5.91 Å². The SMILES string of the molecule is COC(=O)[C@@H](NC(=O)/C=C/c1ccc(OC)cc1)C(C)C. The number of ether oxygens (including phenoxy) is 2. The summed E-state index contributed by atoms with van der Waals surface area (Å²) in [6.45, 7) is 3.68. The highest BCUT2D eigenvalue weighted by Gasteiger charge is 2.23. The van der Waals surface area contributed by atoms with Crippen LogP contribution in [0, 0.1) is 5.92 Å². The Hall–Kier alpha value is -2.30. The molecule has 0 aliphatic carbocycles. The number of hydrogen-bond acceptors (Lipinski definition) is 4. The molecule has 5 nitrogen and oxygen atoms in total. The molecule has 0 bridgehead atoms. The Kier molecular flexibility index (Phi) is 6.46. The third-order valence-corrected chi connectivity index (χ3v) is 2.96. The lowest BCUT2D eigenvalue weighted by Gasteiger charge is -2.18. The van der Waals surface area contributed by atoms with Crippen LogP contribution < -0.4 is 10.1 Å². The highest BCUT2D eigenvalue weighted by atomic mass is 16.5. The maximum absolute atomic E-state index is 11.8. The van der Waals surface area contributed by atoms with E-state index in [0.29, 0.717) is 0 Å². The van der Waals surface area contributed by atoms with E-state index in [2.05, 4.69) is 10.1 Å². The summed E-state index contributed by atoms with van der Waals surface area (Å²) in [7, 11) is 2.90. The van der Waals surface area contributed by atoms with E-state index in [-0.39, 0.29) is 11.8 Å². The van der Waals surface area contributed by atoms with Gasteiger partial charge in [-0.25, -0.2) is 4.79 Å². The lowest BCUT2D eigenvalue weighted by atomic mass is 10.0. The van der Waals surface area contributed by atoms with E-state index in [0.717, 1.165) is 11.3 Å². The molecule has 5 heteroatoms. The molecule has 1 amide bonds. The van der Waals surface area contributed by atoms with Gasteiger partial charge in [0, 0.05) is 6.08 Å². The Morgan fingerprint density at radius 1 is 1.14 bits per heavy atom. The standard InChI is InChI=1S/C16H21NO4/c1-11(2)15(16(19)21-4)17-14(18)10-7-12-5-8-13(20-3)9-6-12/h5-11,15H,1-4H3,(H,17,18)/b10-7+/t15-/m0/s1. The molecule has 1 atom stereocenters. The molecular weight excluding hydrogens is 270 g/mol. The van der Waals surface area contributed by atoms with E-state index in [1.807, 2.05) is 38.1 Å². The van der Waals surface area contributed by atoms with Gasteiger partial charge in [-0.2, -0.15) is 0 Å². The predicted octanol–water partition coefficient (Wildman–Crippen LogP) is 2.02. The molecule has 0 unspecified atom stereocenters. The summed E-state index contributed by atoms with van der Waals surface area (Å²) in [5, 5.41) is 2.63. The number of methoxy groups -OCH3 is 2. The first-order chi connectivity index (χ1) is 9.97. The van der Waals surface area contributed by atoms with Gasteiger partial charge >= 0.3 is 5.97 Å². The van der Waals surface area contributed by atoms with Gasteiger partial charge in [-0.05, 0) is 29.7 Å². The summed E-state index contributed by atoms with van der Waals surface area (Å²) in [6.07, 6.45) is 3.06. The van der Waals surface area contributed by atoms with Crippen LogP contribution in [-0.2, 0) is 14.3 Å². The van der Waals surface area contributed by atoms with E-state index in [1.165, 1.54) is 13.2 Å². The summed E-state index contributed by atoms with van der Waals surface area (Å²) >= 11 is 0. The van der Waals surface area contributed by atoms with Gasteiger partial charge in [0.25, 0.3) is 0 Å². The zero-order valence-corrected chi connectivity index (χ0v) is 12.8. The van der Waals surface area contributed by atoms with Gasteiger partial charge in [-0.1, -0.05) is 26.0 Å². The molecule has 0 heterocycles. The fourth-order valence-electron chi connectivity index (χ4n) is 1.71. The normalized spacial score (nSPS) is 12.2. The number of carbonyl (C=O) groups is 2. The highest BCUT2D eigenvalue weighted by molar-refractivity contribution is 5.94. The van der Waals surface area contributed by atoms with Crippen LogP contribution in [0.2, 0.25) is 0 Å². The van der Waals surface area contributed by atoms with Crippen molar-refractivity contribution in [1.29, 1.82) is 0 Å². The van der Waals surface area contributed by atoms with Crippen LogP contribution in [0.1, 0.15) is 19.4 Å². The van der Waals surface area contributed by atoms with Gasteiger partial charge in [-0.3, -0.25) is 4.79 Å². The fraction of sp³-hybridized carbons (Fsp3) is 0.375. The number of carbonyl (C=O) groups excluding carboxylic acids is 2. The van der Waals surface area contributed by atoms with Crippen molar-refractivity contribution in [2.45, 2.75) is 19.9 Å². The number of amides is 1. The molecule has 0 radical (unpaired) electrons. The molecule has 0 saturated carbocycles. The summed E-state index contributed by atoms with van der Waals surface area (Å²) < 4.78 is 9.73. The van der Waals surface area contributed by atoms with Gasteiger partial charge in [0.05, 0.1) is 14.2 Å². The lowest BCUT2D eigenvalue weighted by molar-refractivity contribution is -0.145. The van der Waals surface area contributed by atoms with Crippen molar-refractivity contribution in [3.63, 3.8) is 0 Å². The first-order valence-electron chi connectivity index (χ1n) is 6.68. The van der Waals surface area contributed by atoms with Crippen molar-refractivity contribution < 1.29 is 19.1 Å². The number of esters is 1. The van der Waals surface area contributed by atoms with Crippen molar-refractivity contribution in [3.05, 3.63) is 35.9 Å². The third kappa shape index (κ3) is 5.30. The second-order valence-corrected chi connectivity index (χ2v) is 4.86. The van der Waals surface area contributed by atoms with E-state index in [4.69, 9.17) is 4.74 Å². The van der Waals surface area contributed by atoms with E-state index < -0.39 is 12.0 Å². The monoisotopic (exact) mass is 291 g/mol. The second-order valence-electron chi connectivity index (χ2n) is 4.86. The third-order valence-electron chi connectivity index (χ3n) is 2.96. The van der Waals surface area contributed by atoms with Crippen LogP contribution in [0.3, 0.4) is 0 Å². The minimum Gasteiger partial charge on any atom is -0.497 e. The summed E-state index contributed by atoms with van der Waals surface area (Å²) in [5.74, 6) is -0.0796. The zero-order valence-electron chi connectivity index (χ0n) is 12.8. The lowest BCUT2D eigenvalue weighted by Crippen LogP contribution is -2.44. The molecule has 0 aliphatic heterocycles. The van der Waals surface area contributed by atoms with Crippen LogP contribution in [0.15, 0.2) is 30.3 Å². The minimum atomic E-state index is -0.650. The van der Waals surface area contributed by atoms with Crippen molar-refractivity contribution in [3.8, 4) is 5.75 Å². The summed E-state index contributed by atoms with van der Waals surface area (Å²) in [5.41, 5.74) is 0.866. The predicted molar refractivity (Wildman–Crippen MR) is 80.8 cm³/mol. The van der Waals surface area contributed by atoms with Crippen molar-refractivity contribution in [2.75, 3.05) is 14.2 Å². The highest BCUT2D eigenvalue weighted by Crippen LogP contribution is 2.12. The van der Waals surface area contributed by atoms with Gasteiger partial charge in [0.15, 0.2) is 0 Å². The van der Waals surface area contributed by atoms with Crippen molar-refractivity contribution >= 4 is 18.0 Å². The van der Waals surface area contributed by atoms with E-state index in [1.54, 1.807) is 13.2 Å². The average Bonchev–Trinajstić information content (AvgIpc) is 2.50. The molecule has 114 valence electrons. The number of benzene rings is 1. The molecule has 1 aromatic carbocycles. The molecule has 1 N–H and O–H groups in total. The van der Waals surface area contributed by atoms with Crippen LogP contribution in [0.4, 0.5) is 0 Å². The summed E-state index contributed by atoms with van der Waals surface area (Å²) in [6, 6.07) is 6.64. The Balaban J connectivity index is 2.66. The second kappa shape index (κ2) is 8.09. The largest absolute Gasteiger partial charge is 0.497 e.